The molecule has 2 aromatic rings. The predicted octanol–water partition coefficient (Wildman–Crippen LogP) is 3.03. The summed E-state index contributed by atoms with van der Waals surface area (Å²) >= 11 is 1.43. The highest BCUT2D eigenvalue weighted by atomic mass is 32.1. The largest absolute Gasteiger partial charge is 0.397 e. The molecule has 0 aliphatic carbocycles. The zero-order valence-electron chi connectivity index (χ0n) is 11.8. The number of hydrogen-bond donors (Lipinski definition) is 2. The number of rotatable bonds is 6. The maximum absolute atomic E-state index is 12.4. The molecule has 0 radical (unpaired) electrons. The SMILES string of the molecule is CCCC(COC)NC(=O)c1sc2ccccc2c1N. The van der Waals surface area contributed by atoms with Crippen molar-refractivity contribution in [3.8, 4) is 0 Å². The van der Waals surface area contributed by atoms with Crippen LogP contribution in [-0.4, -0.2) is 25.7 Å². The molecule has 1 aromatic carbocycles. The van der Waals surface area contributed by atoms with Crippen LogP contribution in [0.15, 0.2) is 24.3 Å². The number of ether oxygens (including phenoxy) is 1. The molecule has 1 atom stereocenters. The van der Waals surface area contributed by atoms with Gasteiger partial charge in [0.2, 0.25) is 0 Å². The van der Waals surface area contributed by atoms with Crippen LogP contribution < -0.4 is 11.1 Å². The van der Waals surface area contributed by atoms with Gasteiger partial charge < -0.3 is 15.8 Å². The Balaban J connectivity index is 2.20. The summed E-state index contributed by atoms with van der Waals surface area (Å²) in [5.74, 6) is -0.112. The van der Waals surface area contributed by atoms with Gasteiger partial charge in [-0.25, -0.2) is 0 Å². The Morgan fingerprint density at radius 1 is 1.45 bits per heavy atom. The molecule has 1 aromatic heterocycles. The lowest BCUT2D eigenvalue weighted by Gasteiger charge is -2.16. The topological polar surface area (TPSA) is 64.3 Å². The van der Waals surface area contributed by atoms with Gasteiger partial charge in [0.1, 0.15) is 4.88 Å². The van der Waals surface area contributed by atoms with E-state index >= 15 is 0 Å². The number of fused-ring (bicyclic) bond motifs is 1. The second-order valence-electron chi connectivity index (χ2n) is 4.76. The Kier molecular flexibility index (Phi) is 4.98. The summed E-state index contributed by atoms with van der Waals surface area (Å²) in [6, 6.07) is 7.83. The molecule has 20 heavy (non-hydrogen) atoms. The van der Waals surface area contributed by atoms with E-state index in [9.17, 15) is 4.79 Å². The van der Waals surface area contributed by atoms with Crippen molar-refractivity contribution < 1.29 is 9.53 Å². The molecule has 0 spiro atoms. The van der Waals surface area contributed by atoms with E-state index in [1.807, 2.05) is 24.3 Å². The van der Waals surface area contributed by atoms with Crippen LogP contribution in [0.2, 0.25) is 0 Å². The number of carbonyl (C=O) groups is 1. The summed E-state index contributed by atoms with van der Waals surface area (Å²) in [7, 11) is 1.64. The Hall–Kier alpha value is -1.59. The van der Waals surface area contributed by atoms with Gasteiger partial charge >= 0.3 is 0 Å². The van der Waals surface area contributed by atoms with Gasteiger partial charge in [0.25, 0.3) is 5.91 Å². The summed E-state index contributed by atoms with van der Waals surface area (Å²) in [5, 5.41) is 3.95. The summed E-state index contributed by atoms with van der Waals surface area (Å²) in [5.41, 5.74) is 6.65. The summed E-state index contributed by atoms with van der Waals surface area (Å²) in [6.45, 7) is 2.60. The van der Waals surface area contributed by atoms with E-state index in [0.717, 1.165) is 22.9 Å². The number of nitrogens with one attached hydrogen (secondary N) is 1. The van der Waals surface area contributed by atoms with Crippen molar-refractivity contribution in [2.75, 3.05) is 19.5 Å². The number of benzene rings is 1. The molecule has 1 heterocycles. The van der Waals surface area contributed by atoms with Crippen LogP contribution in [0.3, 0.4) is 0 Å². The van der Waals surface area contributed by atoms with Gasteiger partial charge in [-0.15, -0.1) is 11.3 Å². The molecule has 5 heteroatoms. The molecule has 1 unspecified atom stereocenters. The number of hydrogen-bond acceptors (Lipinski definition) is 4. The molecule has 1 amide bonds. The van der Waals surface area contributed by atoms with E-state index in [1.165, 1.54) is 11.3 Å². The minimum Gasteiger partial charge on any atom is -0.397 e. The molecule has 0 fully saturated rings. The third kappa shape index (κ3) is 3.11. The average Bonchev–Trinajstić information content (AvgIpc) is 2.77. The van der Waals surface area contributed by atoms with Crippen LogP contribution in [0.4, 0.5) is 5.69 Å². The minimum absolute atomic E-state index is 0.0297. The van der Waals surface area contributed by atoms with Crippen LogP contribution in [0.25, 0.3) is 10.1 Å². The van der Waals surface area contributed by atoms with Gasteiger partial charge in [0, 0.05) is 17.2 Å². The smallest absolute Gasteiger partial charge is 0.263 e. The molecule has 0 aliphatic heterocycles. The van der Waals surface area contributed by atoms with E-state index in [1.54, 1.807) is 7.11 Å². The normalized spacial score (nSPS) is 12.5. The summed E-state index contributed by atoms with van der Waals surface area (Å²) in [6.07, 6.45) is 1.89. The first-order chi connectivity index (χ1) is 9.67. The van der Waals surface area contributed by atoms with E-state index in [2.05, 4.69) is 12.2 Å². The maximum Gasteiger partial charge on any atom is 0.263 e. The number of amides is 1. The molecule has 0 bridgehead atoms. The third-order valence-electron chi connectivity index (χ3n) is 3.18. The van der Waals surface area contributed by atoms with Gasteiger partial charge in [-0.05, 0) is 12.5 Å². The van der Waals surface area contributed by atoms with Crippen molar-refractivity contribution in [2.24, 2.45) is 0 Å². The van der Waals surface area contributed by atoms with Gasteiger partial charge in [-0.2, -0.15) is 0 Å². The van der Waals surface area contributed by atoms with Crippen LogP contribution >= 0.6 is 11.3 Å². The van der Waals surface area contributed by atoms with Crippen molar-refractivity contribution in [2.45, 2.75) is 25.8 Å². The molecule has 0 saturated heterocycles. The predicted molar refractivity (Wildman–Crippen MR) is 84.3 cm³/mol. The fourth-order valence-electron chi connectivity index (χ4n) is 2.23. The molecule has 108 valence electrons. The Morgan fingerprint density at radius 3 is 2.85 bits per heavy atom. The highest BCUT2D eigenvalue weighted by Crippen LogP contribution is 2.33. The summed E-state index contributed by atoms with van der Waals surface area (Å²) in [4.78, 5) is 12.9. The van der Waals surface area contributed by atoms with Crippen LogP contribution in [0.5, 0.6) is 0 Å². The van der Waals surface area contributed by atoms with Crippen molar-refractivity contribution in [3.63, 3.8) is 0 Å². The van der Waals surface area contributed by atoms with Gasteiger partial charge in [-0.3, -0.25) is 4.79 Å². The van der Waals surface area contributed by atoms with E-state index in [-0.39, 0.29) is 11.9 Å². The van der Waals surface area contributed by atoms with Crippen molar-refractivity contribution in [3.05, 3.63) is 29.1 Å². The minimum atomic E-state index is -0.112. The first kappa shape index (κ1) is 14.8. The lowest BCUT2D eigenvalue weighted by atomic mass is 10.1. The second-order valence-corrected chi connectivity index (χ2v) is 5.81. The molecular formula is C15H20N2O2S. The standard InChI is InChI=1S/C15H20N2O2S/c1-3-6-10(9-19-2)17-15(18)14-13(16)11-7-4-5-8-12(11)20-14/h4-5,7-8,10H,3,6,9,16H2,1-2H3,(H,17,18). The highest BCUT2D eigenvalue weighted by molar-refractivity contribution is 7.21. The number of methoxy groups -OCH3 is 1. The fourth-order valence-corrected chi connectivity index (χ4v) is 3.26. The number of thiophene rings is 1. The molecule has 3 N–H and O–H groups in total. The van der Waals surface area contributed by atoms with Gasteiger partial charge in [0.05, 0.1) is 18.3 Å². The zero-order valence-corrected chi connectivity index (χ0v) is 12.6. The molecular weight excluding hydrogens is 272 g/mol. The number of carbonyl (C=O) groups excluding carboxylic acids is 1. The van der Waals surface area contributed by atoms with Gasteiger partial charge in [-0.1, -0.05) is 31.5 Å². The lowest BCUT2D eigenvalue weighted by molar-refractivity contribution is 0.0896. The Labute approximate surface area is 122 Å². The maximum atomic E-state index is 12.4. The third-order valence-corrected chi connectivity index (χ3v) is 4.37. The molecule has 0 aliphatic rings. The first-order valence-electron chi connectivity index (χ1n) is 6.74. The number of anilines is 1. The highest BCUT2D eigenvalue weighted by Gasteiger charge is 2.19. The Morgan fingerprint density at radius 2 is 2.20 bits per heavy atom. The zero-order chi connectivity index (χ0) is 14.5. The van der Waals surface area contributed by atoms with Gasteiger partial charge in [0.15, 0.2) is 0 Å². The Bertz CT molecular complexity index is 589. The van der Waals surface area contributed by atoms with Crippen molar-refractivity contribution >= 4 is 33.0 Å². The van der Waals surface area contributed by atoms with E-state index < -0.39 is 0 Å². The second kappa shape index (κ2) is 6.72. The number of nitrogen functional groups attached to an aromatic ring is 1. The first-order valence-corrected chi connectivity index (χ1v) is 7.55. The molecule has 0 saturated carbocycles. The summed E-state index contributed by atoms with van der Waals surface area (Å²) < 4.78 is 6.18. The average molecular weight is 292 g/mol. The molecule has 2 rings (SSSR count). The van der Waals surface area contributed by atoms with Crippen LogP contribution in [0.1, 0.15) is 29.4 Å². The monoisotopic (exact) mass is 292 g/mol. The fraction of sp³-hybridized carbons (Fsp3) is 0.400. The van der Waals surface area contributed by atoms with E-state index in [0.29, 0.717) is 17.2 Å². The number of nitrogens with two attached hydrogens (primary N) is 1. The lowest BCUT2D eigenvalue weighted by Crippen LogP contribution is -2.37. The van der Waals surface area contributed by atoms with Crippen molar-refractivity contribution in [1.82, 2.24) is 5.32 Å². The van der Waals surface area contributed by atoms with Crippen molar-refractivity contribution in [1.29, 1.82) is 0 Å². The van der Waals surface area contributed by atoms with Crippen LogP contribution in [-0.2, 0) is 4.74 Å². The quantitative estimate of drug-likeness (QED) is 0.860. The van der Waals surface area contributed by atoms with Crippen LogP contribution in [0, 0.1) is 0 Å². The molecule has 4 nitrogen and oxygen atoms in total. The van der Waals surface area contributed by atoms with E-state index in [4.69, 9.17) is 10.5 Å².